The van der Waals surface area contributed by atoms with E-state index in [1.165, 1.54) is 18.4 Å². The van der Waals surface area contributed by atoms with Crippen LogP contribution in [0.4, 0.5) is 0 Å². The molecule has 136 valence electrons. The van der Waals surface area contributed by atoms with Crippen LogP contribution in [0.3, 0.4) is 0 Å². The summed E-state index contributed by atoms with van der Waals surface area (Å²) in [5, 5.41) is 1.59. The number of guanidine groups is 1. The van der Waals surface area contributed by atoms with E-state index in [2.05, 4.69) is 9.98 Å². The van der Waals surface area contributed by atoms with Crippen LogP contribution < -0.4 is 5.73 Å². The van der Waals surface area contributed by atoms with Crippen molar-refractivity contribution in [1.82, 2.24) is 9.29 Å². The predicted octanol–water partition coefficient (Wildman–Crippen LogP) is 3.35. The number of para-hydroxylation sites is 1. The van der Waals surface area contributed by atoms with Crippen molar-refractivity contribution < 1.29 is 8.42 Å². The molecule has 1 atom stereocenters. The molecule has 9 heteroatoms. The minimum absolute atomic E-state index is 0.0321. The van der Waals surface area contributed by atoms with E-state index in [1.807, 2.05) is 36.4 Å². The fraction of sp³-hybridized carbons (Fsp3) is 0.235. The molecule has 3 aromatic rings. The van der Waals surface area contributed by atoms with E-state index in [-0.39, 0.29) is 11.7 Å². The Hall–Kier alpha value is -2.03. The Morgan fingerprint density at radius 2 is 2.08 bits per heavy atom. The molecule has 0 unspecified atom stereocenters. The van der Waals surface area contributed by atoms with E-state index < -0.39 is 15.6 Å². The molecule has 1 aliphatic rings. The number of H-pyrrole nitrogens is 1. The molecule has 1 aromatic carbocycles. The number of aromatic amines is 1. The second-order valence-electron chi connectivity index (χ2n) is 6.53. The Morgan fingerprint density at radius 1 is 1.35 bits per heavy atom. The number of rotatable bonds is 2. The molecule has 2 aromatic heterocycles. The first-order chi connectivity index (χ1) is 12.2. The van der Waals surface area contributed by atoms with Crippen LogP contribution in [0.2, 0.25) is 5.02 Å². The summed E-state index contributed by atoms with van der Waals surface area (Å²) in [6.07, 6.45) is 0. The van der Waals surface area contributed by atoms with Gasteiger partial charge in [0.1, 0.15) is 5.54 Å². The Morgan fingerprint density at radius 3 is 2.77 bits per heavy atom. The number of nitrogens with zero attached hydrogens (tertiary/aromatic N) is 2. The van der Waals surface area contributed by atoms with Crippen LogP contribution in [0.5, 0.6) is 0 Å². The van der Waals surface area contributed by atoms with Gasteiger partial charge in [0.25, 0.3) is 0 Å². The quantitative estimate of drug-likeness (QED) is 0.681. The lowest BCUT2D eigenvalue weighted by molar-refractivity contribution is 0.482. The average Bonchev–Trinajstić information content (AvgIpc) is 3.15. The molecule has 0 bridgehead atoms. The highest BCUT2D eigenvalue weighted by molar-refractivity contribution is 7.89. The summed E-state index contributed by atoms with van der Waals surface area (Å²) in [6, 6.07) is 11.9. The highest BCUT2D eigenvalue weighted by Gasteiger charge is 2.42. The molecule has 0 amide bonds. The van der Waals surface area contributed by atoms with Gasteiger partial charge in [0.05, 0.1) is 26.2 Å². The standard InChI is InChI=1S/C17H17ClN4O2S2/c1-17(9-26(23,24)22(2)16(19)21-17)15-11(18)8-14(25-15)13-7-10-5-3-4-6-12(10)20-13/h3-8,20H,9H2,1-2H3,(H2,19,21)/t17-/m0/s1. The van der Waals surface area contributed by atoms with E-state index in [1.54, 1.807) is 6.92 Å². The molecule has 0 radical (unpaired) electrons. The smallest absolute Gasteiger partial charge is 0.239 e. The second-order valence-corrected chi connectivity index (χ2v) is 9.99. The summed E-state index contributed by atoms with van der Waals surface area (Å²) >= 11 is 7.90. The number of aliphatic imine (C=N–C) groups is 1. The number of nitrogens with one attached hydrogen (secondary N) is 1. The van der Waals surface area contributed by atoms with Crippen molar-refractivity contribution in [3.63, 3.8) is 0 Å². The lowest BCUT2D eigenvalue weighted by Crippen LogP contribution is -2.50. The van der Waals surface area contributed by atoms with Gasteiger partial charge in [0.15, 0.2) is 0 Å². The van der Waals surface area contributed by atoms with E-state index >= 15 is 0 Å². The van der Waals surface area contributed by atoms with Gasteiger partial charge in [-0.05, 0) is 25.1 Å². The van der Waals surface area contributed by atoms with Crippen molar-refractivity contribution in [2.45, 2.75) is 12.5 Å². The number of fused-ring (bicyclic) bond motifs is 1. The summed E-state index contributed by atoms with van der Waals surface area (Å²) in [4.78, 5) is 9.40. The van der Waals surface area contributed by atoms with E-state index in [4.69, 9.17) is 17.3 Å². The summed E-state index contributed by atoms with van der Waals surface area (Å²) in [7, 11) is -2.14. The van der Waals surface area contributed by atoms with Gasteiger partial charge in [-0.1, -0.05) is 29.8 Å². The van der Waals surface area contributed by atoms with Crippen LogP contribution in [-0.4, -0.2) is 36.5 Å². The maximum absolute atomic E-state index is 12.4. The normalized spacial score (nSPS) is 22.6. The first-order valence-corrected chi connectivity index (χ1v) is 10.7. The lowest BCUT2D eigenvalue weighted by atomic mass is 10.0. The number of thiophene rings is 1. The highest BCUT2D eigenvalue weighted by atomic mass is 35.5. The third kappa shape index (κ3) is 2.69. The fourth-order valence-corrected chi connectivity index (χ4v) is 6.28. The second kappa shape index (κ2) is 5.73. The highest BCUT2D eigenvalue weighted by Crippen LogP contribution is 2.44. The van der Waals surface area contributed by atoms with Crippen LogP contribution in [0.1, 0.15) is 11.8 Å². The number of hydrogen-bond acceptors (Lipinski definition) is 5. The van der Waals surface area contributed by atoms with E-state index in [0.29, 0.717) is 9.90 Å². The van der Waals surface area contributed by atoms with Gasteiger partial charge in [-0.15, -0.1) is 11.3 Å². The molecule has 0 saturated carbocycles. The Balaban J connectivity index is 1.82. The fourth-order valence-electron chi connectivity index (χ4n) is 3.14. The SMILES string of the molecule is CN1C(N)=N[C@](C)(c2sc(-c3cc4ccccc4[nH]3)cc2Cl)CS1(=O)=O. The zero-order chi connectivity index (χ0) is 18.7. The molecule has 6 nitrogen and oxygen atoms in total. The molecule has 1 aliphatic heterocycles. The third-order valence-corrected chi connectivity index (χ3v) is 8.32. The number of sulfonamides is 1. The molecule has 26 heavy (non-hydrogen) atoms. The molecule has 3 heterocycles. The number of nitrogens with two attached hydrogens (primary N) is 1. The molecule has 0 spiro atoms. The minimum Gasteiger partial charge on any atom is -0.369 e. The lowest BCUT2D eigenvalue weighted by Gasteiger charge is -2.33. The molecule has 4 rings (SSSR count). The van der Waals surface area contributed by atoms with Crippen LogP contribution in [-0.2, 0) is 15.6 Å². The summed E-state index contributed by atoms with van der Waals surface area (Å²) < 4.78 is 25.8. The topological polar surface area (TPSA) is 91.5 Å². The van der Waals surface area contributed by atoms with Crippen molar-refractivity contribution >= 4 is 49.8 Å². The Kier molecular flexibility index (Phi) is 3.83. The maximum Gasteiger partial charge on any atom is 0.239 e. The monoisotopic (exact) mass is 408 g/mol. The van der Waals surface area contributed by atoms with Crippen LogP contribution in [0.15, 0.2) is 41.4 Å². The first kappa shape index (κ1) is 17.4. The number of benzene rings is 1. The van der Waals surface area contributed by atoms with Gasteiger partial charge in [0, 0.05) is 18.0 Å². The van der Waals surface area contributed by atoms with Gasteiger partial charge in [-0.2, -0.15) is 0 Å². The minimum atomic E-state index is -3.54. The summed E-state index contributed by atoms with van der Waals surface area (Å²) in [5.74, 6) is -0.209. The average molecular weight is 409 g/mol. The van der Waals surface area contributed by atoms with Crippen LogP contribution >= 0.6 is 22.9 Å². The van der Waals surface area contributed by atoms with E-state index in [0.717, 1.165) is 25.8 Å². The first-order valence-electron chi connectivity index (χ1n) is 7.89. The van der Waals surface area contributed by atoms with Crippen molar-refractivity contribution in [2.24, 2.45) is 10.7 Å². The molecule has 0 fully saturated rings. The Bertz CT molecular complexity index is 1120. The van der Waals surface area contributed by atoms with Gasteiger partial charge < -0.3 is 10.7 Å². The molecule has 3 N–H and O–H groups in total. The Labute approximate surface area is 160 Å². The number of halogens is 1. The van der Waals surface area contributed by atoms with Gasteiger partial charge in [-0.3, -0.25) is 0 Å². The largest absolute Gasteiger partial charge is 0.369 e. The van der Waals surface area contributed by atoms with Crippen LogP contribution in [0, 0.1) is 0 Å². The zero-order valence-electron chi connectivity index (χ0n) is 14.2. The van der Waals surface area contributed by atoms with Crippen molar-refractivity contribution in [3.05, 3.63) is 46.3 Å². The van der Waals surface area contributed by atoms with Gasteiger partial charge in [0.2, 0.25) is 16.0 Å². The van der Waals surface area contributed by atoms with Gasteiger partial charge >= 0.3 is 0 Å². The van der Waals surface area contributed by atoms with Crippen molar-refractivity contribution in [1.29, 1.82) is 0 Å². The molecule has 0 saturated heterocycles. The summed E-state index contributed by atoms with van der Waals surface area (Å²) in [5.41, 5.74) is 6.79. The molecule has 0 aliphatic carbocycles. The summed E-state index contributed by atoms with van der Waals surface area (Å²) in [6.45, 7) is 1.75. The van der Waals surface area contributed by atoms with Crippen LogP contribution in [0.25, 0.3) is 21.5 Å². The van der Waals surface area contributed by atoms with Crippen molar-refractivity contribution in [2.75, 3.05) is 12.8 Å². The number of aromatic nitrogens is 1. The van der Waals surface area contributed by atoms with Gasteiger partial charge in [-0.25, -0.2) is 17.7 Å². The maximum atomic E-state index is 12.4. The zero-order valence-corrected chi connectivity index (χ0v) is 16.5. The predicted molar refractivity (Wildman–Crippen MR) is 107 cm³/mol. The van der Waals surface area contributed by atoms with E-state index in [9.17, 15) is 8.42 Å². The molecular formula is C17H17ClN4O2S2. The third-order valence-electron chi connectivity index (χ3n) is 4.54. The van der Waals surface area contributed by atoms with Crippen molar-refractivity contribution in [3.8, 4) is 10.6 Å². The molecular weight excluding hydrogens is 392 g/mol. The number of hydrogen-bond donors (Lipinski definition) is 2.